The molecule has 1 aromatic heterocycles. The largest absolute Gasteiger partial charge is 0.506 e. The first kappa shape index (κ1) is 12.2. The van der Waals surface area contributed by atoms with Crippen molar-refractivity contribution in [1.29, 1.82) is 0 Å². The van der Waals surface area contributed by atoms with Crippen LogP contribution in [0.3, 0.4) is 0 Å². The van der Waals surface area contributed by atoms with E-state index in [1.165, 1.54) is 6.20 Å². The molecule has 0 radical (unpaired) electrons. The zero-order valence-corrected chi connectivity index (χ0v) is 10.3. The Kier molecular flexibility index (Phi) is 3.52. The van der Waals surface area contributed by atoms with Gasteiger partial charge in [-0.3, -0.25) is 4.98 Å². The van der Waals surface area contributed by atoms with Crippen LogP contribution in [0, 0.1) is 0 Å². The summed E-state index contributed by atoms with van der Waals surface area (Å²) in [4.78, 5) is 4.12. The number of nitrogens with zero attached hydrogens (tertiary/aromatic N) is 1. The maximum atomic E-state index is 9.49. The lowest BCUT2D eigenvalue weighted by molar-refractivity contribution is 0.466. The summed E-state index contributed by atoms with van der Waals surface area (Å²) >= 11 is 11.8. The number of halogens is 2. The molecule has 1 aromatic carbocycles. The molecule has 5 heteroatoms. The van der Waals surface area contributed by atoms with E-state index in [1.54, 1.807) is 18.2 Å². The number of pyridine rings is 1. The van der Waals surface area contributed by atoms with E-state index in [9.17, 15) is 5.11 Å². The molecule has 0 fully saturated rings. The van der Waals surface area contributed by atoms with Crippen LogP contribution in [0.15, 0.2) is 30.5 Å². The molecule has 0 unspecified atom stereocenters. The van der Waals surface area contributed by atoms with Gasteiger partial charge in [-0.05, 0) is 18.2 Å². The van der Waals surface area contributed by atoms with E-state index >= 15 is 0 Å². The SMILES string of the molecule is NCc1cc(-c2ccc(Cl)c(Cl)c2)ncc1O. The van der Waals surface area contributed by atoms with Crippen LogP contribution in [-0.4, -0.2) is 10.1 Å². The molecule has 0 amide bonds. The highest BCUT2D eigenvalue weighted by Crippen LogP contribution is 2.29. The molecule has 2 rings (SSSR count). The van der Waals surface area contributed by atoms with Crippen LogP contribution in [0.25, 0.3) is 11.3 Å². The fourth-order valence-electron chi connectivity index (χ4n) is 1.47. The van der Waals surface area contributed by atoms with E-state index in [1.807, 2.05) is 6.07 Å². The van der Waals surface area contributed by atoms with Crippen LogP contribution in [0.1, 0.15) is 5.56 Å². The summed E-state index contributed by atoms with van der Waals surface area (Å²) in [6.45, 7) is 0.253. The van der Waals surface area contributed by atoms with Crippen molar-refractivity contribution in [3.63, 3.8) is 0 Å². The molecule has 0 aliphatic heterocycles. The zero-order chi connectivity index (χ0) is 12.4. The maximum absolute atomic E-state index is 9.49. The van der Waals surface area contributed by atoms with Crippen molar-refractivity contribution in [2.45, 2.75) is 6.54 Å². The molecule has 0 spiro atoms. The van der Waals surface area contributed by atoms with E-state index in [0.29, 0.717) is 21.3 Å². The first-order valence-electron chi connectivity index (χ1n) is 4.95. The molecular formula is C12H10Cl2N2O. The molecule has 1 heterocycles. The van der Waals surface area contributed by atoms with Gasteiger partial charge in [0, 0.05) is 17.7 Å². The molecule has 0 saturated heterocycles. The van der Waals surface area contributed by atoms with Crippen molar-refractivity contribution in [2.24, 2.45) is 5.73 Å². The minimum atomic E-state index is 0.0938. The summed E-state index contributed by atoms with van der Waals surface area (Å²) in [6.07, 6.45) is 1.38. The van der Waals surface area contributed by atoms with Crippen molar-refractivity contribution >= 4 is 23.2 Å². The third-order valence-electron chi connectivity index (χ3n) is 2.40. The number of benzene rings is 1. The first-order valence-corrected chi connectivity index (χ1v) is 5.71. The third kappa shape index (κ3) is 2.52. The van der Waals surface area contributed by atoms with Crippen LogP contribution in [0.2, 0.25) is 10.0 Å². The second-order valence-corrected chi connectivity index (χ2v) is 4.35. The zero-order valence-electron chi connectivity index (χ0n) is 8.82. The summed E-state index contributed by atoms with van der Waals surface area (Å²) in [5.41, 5.74) is 7.68. The van der Waals surface area contributed by atoms with Gasteiger partial charge in [-0.2, -0.15) is 0 Å². The van der Waals surface area contributed by atoms with E-state index in [4.69, 9.17) is 28.9 Å². The molecule has 0 saturated carbocycles. The van der Waals surface area contributed by atoms with Crippen LogP contribution < -0.4 is 5.73 Å². The van der Waals surface area contributed by atoms with Crippen LogP contribution in [-0.2, 0) is 6.54 Å². The molecular weight excluding hydrogens is 259 g/mol. The molecule has 17 heavy (non-hydrogen) atoms. The van der Waals surface area contributed by atoms with E-state index < -0.39 is 0 Å². The van der Waals surface area contributed by atoms with Gasteiger partial charge in [-0.25, -0.2) is 0 Å². The van der Waals surface area contributed by atoms with Crippen molar-refractivity contribution in [2.75, 3.05) is 0 Å². The molecule has 0 aliphatic rings. The van der Waals surface area contributed by atoms with Crippen LogP contribution >= 0.6 is 23.2 Å². The van der Waals surface area contributed by atoms with Gasteiger partial charge in [-0.1, -0.05) is 29.3 Å². The van der Waals surface area contributed by atoms with Crippen LogP contribution in [0.4, 0.5) is 0 Å². The van der Waals surface area contributed by atoms with Gasteiger partial charge in [0.1, 0.15) is 5.75 Å². The number of hydrogen-bond donors (Lipinski definition) is 2. The standard InChI is InChI=1S/C12H10Cl2N2O/c13-9-2-1-7(3-10(9)14)11-4-8(5-15)12(17)6-16-11/h1-4,6,17H,5,15H2. The molecule has 3 N–H and O–H groups in total. The molecule has 2 aromatic rings. The van der Waals surface area contributed by atoms with Crippen LogP contribution in [0.5, 0.6) is 5.75 Å². The van der Waals surface area contributed by atoms with Crippen molar-refractivity contribution in [3.8, 4) is 17.0 Å². The highest BCUT2D eigenvalue weighted by molar-refractivity contribution is 6.42. The van der Waals surface area contributed by atoms with Gasteiger partial charge < -0.3 is 10.8 Å². The summed E-state index contributed by atoms with van der Waals surface area (Å²) < 4.78 is 0. The summed E-state index contributed by atoms with van der Waals surface area (Å²) in [6, 6.07) is 6.97. The Bertz CT molecular complexity index is 558. The second kappa shape index (κ2) is 4.92. The van der Waals surface area contributed by atoms with Gasteiger partial charge >= 0.3 is 0 Å². The monoisotopic (exact) mass is 268 g/mol. The number of rotatable bonds is 2. The molecule has 0 aliphatic carbocycles. The quantitative estimate of drug-likeness (QED) is 0.879. The highest BCUT2D eigenvalue weighted by atomic mass is 35.5. The average Bonchev–Trinajstić information content (AvgIpc) is 2.33. The number of aromatic hydroxyl groups is 1. The predicted molar refractivity (Wildman–Crippen MR) is 69.2 cm³/mol. The van der Waals surface area contributed by atoms with Gasteiger partial charge in [0.2, 0.25) is 0 Å². The molecule has 0 atom stereocenters. The summed E-state index contributed by atoms with van der Waals surface area (Å²) in [7, 11) is 0. The van der Waals surface area contributed by atoms with Crippen molar-refractivity contribution in [1.82, 2.24) is 4.98 Å². The number of nitrogens with two attached hydrogens (primary N) is 1. The highest BCUT2D eigenvalue weighted by Gasteiger charge is 2.06. The summed E-state index contributed by atoms with van der Waals surface area (Å²) in [5.74, 6) is 0.0938. The van der Waals surface area contributed by atoms with Gasteiger partial charge in [0.15, 0.2) is 0 Å². The van der Waals surface area contributed by atoms with E-state index in [2.05, 4.69) is 4.98 Å². The molecule has 3 nitrogen and oxygen atoms in total. The fraction of sp³-hybridized carbons (Fsp3) is 0.0833. The van der Waals surface area contributed by atoms with Gasteiger partial charge in [-0.15, -0.1) is 0 Å². The number of hydrogen-bond acceptors (Lipinski definition) is 3. The lowest BCUT2D eigenvalue weighted by Crippen LogP contribution is -1.98. The summed E-state index contributed by atoms with van der Waals surface area (Å²) in [5, 5.41) is 10.5. The molecule has 88 valence electrons. The Hall–Kier alpha value is -1.29. The van der Waals surface area contributed by atoms with E-state index in [0.717, 1.165) is 5.56 Å². The third-order valence-corrected chi connectivity index (χ3v) is 3.14. The van der Waals surface area contributed by atoms with Gasteiger partial charge in [0.25, 0.3) is 0 Å². The Morgan fingerprint density at radius 1 is 1.18 bits per heavy atom. The maximum Gasteiger partial charge on any atom is 0.138 e. The minimum absolute atomic E-state index is 0.0938. The molecule has 0 bridgehead atoms. The Morgan fingerprint density at radius 2 is 1.94 bits per heavy atom. The average molecular weight is 269 g/mol. The lowest BCUT2D eigenvalue weighted by Gasteiger charge is -2.06. The second-order valence-electron chi connectivity index (χ2n) is 3.53. The van der Waals surface area contributed by atoms with Crippen molar-refractivity contribution in [3.05, 3.63) is 46.1 Å². The normalized spacial score (nSPS) is 10.5. The first-order chi connectivity index (χ1) is 8.11. The Labute approximate surface area is 109 Å². The number of aromatic nitrogens is 1. The fourth-order valence-corrected chi connectivity index (χ4v) is 1.76. The lowest BCUT2D eigenvalue weighted by atomic mass is 10.1. The predicted octanol–water partition coefficient (Wildman–Crippen LogP) is 3.22. The van der Waals surface area contributed by atoms with Gasteiger partial charge in [0.05, 0.1) is 21.9 Å². The van der Waals surface area contributed by atoms with Crippen molar-refractivity contribution < 1.29 is 5.11 Å². The minimum Gasteiger partial charge on any atom is -0.506 e. The van der Waals surface area contributed by atoms with E-state index in [-0.39, 0.29) is 12.3 Å². The smallest absolute Gasteiger partial charge is 0.138 e. The topological polar surface area (TPSA) is 59.1 Å². The Balaban J connectivity index is 2.49. The Morgan fingerprint density at radius 3 is 2.59 bits per heavy atom.